The first-order chi connectivity index (χ1) is 13.9. The van der Waals surface area contributed by atoms with E-state index in [1.165, 1.54) is 44.5 Å². The Morgan fingerprint density at radius 3 is 2.47 bits per heavy atom. The molecule has 0 radical (unpaired) electrons. The molecule has 9 heteroatoms. The SMILES string of the molecule is CN=C(NCC1CCN(C2CC2)C1)N1CCN(c2cccc(C(F)(F)F)c2)CC1.I. The second-order valence-corrected chi connectivity index (χ2v) is 8.33. The largest absolute Gasteiger partial charge is 0.416 e. The highest BCUT2D eigenvalue weighted by Gasteiger charge is 2.34. The summed E-state index contributed by atoms with van der Waals surface area (Å²) in [5, 5.41) is 3.53. The van der Waals surface area contributed by atoms with Gasteiger partial charge >= 0.3 is 6.18 Å². The maximum absolute atomic E-state index is 13.0. The summed E-state index contributed by atoms with van der Waals surface area (Å²) in [6.45, 7) is 6.18. The van der Waals surface area contributed by atoms with Crippen molar-refractivity contribution in [3.63, 3.8) is 0 Å². The van der Waals surface area contributed by atoms with Crippen molar-refractivity contribution < 1.29 is 13.2 Å². The van der Waals surface area contributed by atoms with E-state index in [4.69, 9.17) is 0 Å². The maximum atomic E-state index is 13.0. The molecule has 1 atom stereocenters. The first kappa shape index (κ1) is 23.4. The molecule has 1 aromatic rings. The Balaban J connectivity index is 0.00000256. The number of likely N-dealkylation sites (tertiary alicyclic amines) is 1. The topological polar surface area (TPSA) is 34.1 Å². The molecule has 0 aromatic heterocycles. The Morgan fingerprint density at radius 2 is 1.83 bits per heavy atom. The van der Waals surface area contributed by atoms with Gasteiger partial charge in [0, 0.05) is 58.0 Å². The predicted molar refractivity (Wildman–Crippen MR) is 125 cm³/mol. The Bertz CT molecular complexity index is 730. The normalized spacial score (nSPS) is 23.5. The van der Waals surface area contributed by atoms with Gasteiger partial charge in [-0.2, -0.15) is 13.2 Å². The fourth-order valence-electron chi connectivity index (χ4n) is 4.42. The van der Waals surface area contributed by atoms with Crippen LogP contribution in [-0.4, -0.2) is 74.7 Å². The first-order valence-electron chi connectivity index (χ1n) is 10.6. The molecule has 5 nitrogen and oxygen atoms in total. The van der Waals surface area contributed by atoms with Gasteiger partial charge in [-0.25, -0.2) is 0 Å². The predicted octanol–water partition coefficient (Wildman–Crippen LogP) is 3.51. The van der Waals surface area contributed by atoms with Gasteiger partial charge in [0.05, 0.1) is 5.56 Å². The van der Waals surface area contributed by atoms with Gasteiger partial charge in [0.25, 0.3) is 0 Å². The maximum Gasteiger partial charge on any atom is 0.416 e. The number of piperazine rings is 1. The van der Waals surface area contributed by atoms with Crippen LogP contribution in [0.15, 0.2) is 29.3 Å². The number of aliphatic imine (C=N–C) groups is 1. The van der Waals surface area contributed by atoms with Gasteiger partial charge in [-0.1, -0.05) is 6.07 Å². The highest BCUT2D eigenvalue weighted by molar-refractivity contribution is 14.0. The zero-order chi connectivity index (χ0) is 20.4. The van der Waals surface area contributed by atoms with Crippen molar-refractivity contribution in [1.29, 1.82) is 0 Å². The molecular formula is C21H31F3IN5. The third-order valence-electron chi connectivity index (χ3n) is 6.26. The van der Waals surface area contributed by atoms with Gasteiger partial charge < -0.3 is 20.0 Å². The van der Waals surface area contributed by atoms with E-state index in [1.54, 1.807) is 13.1 Å². The molecule has 168 valence electrons. The van der Waals surface area contributed by atoms with Crippen LogP contribution >= 0.6 is 24.0 Å². The molecule has 0 spiro atoms. The highest BCUT2D eigenvalue weighted by Crippen LogP contribution is 2.32. The van der Waals surface area contributed by atoms with Gasteiger partial charge in [0.1, 0.15) is 0 Å². The molecule has 1 unspecified atom stereocenters. The molecule has 2 aliphatic heterocycles. The molecule has 3 aliphatic rings. The fraction of sp³-hybridized carbons (Fsp3) is 0.667. The summed E-state index contributed by atoms with van der Waals surface area (Å²) in [6, 6.07) is 6.44. The van der Waals surface area contributed by atoms with Crippen LogP contribution in [-0.2, 0) is 6.18 Å². The third-order valence-corrected chi connectivity index (χ3v) is 6.26. The van der Waals surface area contributed by atoms with Crippen LogP contribution in [0.1, 0.15) is 24.8 Å². The Kier molecular flexibility index (Phi) is 7.76. The molecule has 1 aliphatic carbocycles. The number of rotatable bonds is 4. The van der Waals surface area contributed by atoms with Crippen molar-refractivity contribution in [1.82, 2.24) is 15.1 Å². The van der Waals surface area contributed by atoms with Gasteiger partial charge in [0.15, 0.2) is 5.96 Å². The van der Waals surface area contributed by atoms with Crippen molar-refractivity contribution in [2.45, 2.75) is 31.5 Å². The van der Waals surface area contributed by atoms with Crippen molar-refractivity contribution in [3.05, 3.63) is 29.8 Å². The van der Waals surface area contributed by atoms with Crippen molar-refractivity contribution >= 4 is 35.6 Å². The molecule has 2 heterocycles. The van der Waals surface area contributed by atoms with Gasteiger partial charge in [-0.05, 0) is 49.9 Å². The van der Waals surface area contributed by atoms with Gasteiger partial charge in [-0.3, -0.25) is 4.99 Å². The number of anilines is 1. The number of halogens is 4. The third kappa shape index (κ3) is 5.72. The van der Waals surface area contributed by atoms with E-state index < -0.39 is 11.7 Å². The Morgan fingerprint density at radius 1 is 1.10 bits per heavy atom. The minimum atomic E-state index is -4.31. The molecule has 30 heavy (non-hydrogen) atoms. The van der Waals surface area contributed by atoms with Crippen molar-refractivity contribution in [2.24, 2.45) is 10.9 Å². The Hall–Kier alpha value is -1.23. The standard InChI is InChI=1S/C21H30F3N5.HI/c1-25-20(26-14-16-7-8-29(15-16)18-5-6-18)28-11-9-27(10-12-28)19-4-2-3-17(13-19)21(22,23)24;/h2-4,13,16,18H,5-12,14-15H2,1H3,(H,25,26);1H. The van der Waals surface area contributed by atoms with Crippen LogP contribution in [0, 0.1) is 5.92 Å². The number of guanidine groups is 1. The molecular weight excluding hydrogens is 506 g/mol. The fourth-order valence-corrected chi connectivity index (χ4v) is 4.42. The first-order valence-corrected chi connectivity index (χ1v) is 10.6. The summed E-state index contributed by atoms with van der Waals surface area (Å²) < 4.78 is 38.9. The highest BCUT2D eigenvalue weighted by atomic mass is 127. The number of alkyl halides is 3. The molecule has 1 aromatic carbocycles. The van der Waals surface area contributed by atoms with Crippen LogP contribution in [0.25, 0.3) is 0 Å². The summed E-state index contributed by atoms with van der Waals surface area (Å²) in [4.78, 5) is 11.3. The molecule has 0 amide bonds. The molecule has 3 fully saturated rings. The molecule has 4 rings (SSSR count). The molecule has 1 saturated carbocycles. The minimum absolute atomic E-state index is 0. The van der Waals surface area contributed by atoms with Crippen molar-refractivity contribution in [3.8, 4) is 0 Å². The number of nitrogens with one attached hydrogen (secondary N) is 1. The van der Waals surface area contributed by atoms with Gasteiger partial charge in [-0.15, -0.1) is 24.0 Å². The summed E-state index contributed by atoms with van der Waals surface area (Å²) >= 11 is 0. The lowest BCUT2D eigenvalue weighted by atomic mass is 10.1. The summed E-state index contributed by atoms with van der Waals surface area (Å²) in [5.41, 5.74) is 0.0419. The number of nitrogens with zero attached hydrogens (tertiary/aromatic N) is 4. The zero-order valence-corrected chi connectivity index (χ0v) is 19.7. The van der Waals surface area contributed by atoms with Crippen molar-refractivity contribution in [2.75, 3.05) is 57.8 Å². The van der Waals surface area contributed by atoms with E-state index in [0.29, 0.717) is 24.7 Å². The quantitative estimate of drug-likeness (QED) is 0.363. The second kappa shape index (κ2) is 9.93. The Labute approximate surface area is 193 Å². The average Bonchev–Trinajstić information content (AvgIpc) is 3.47. The lowest BCUT2D eigenvalue weighted by molar-refractivity contribution is -0.137. The van der Waals surface area contributed by atoms with E-state index in [2.05, 4.69) is 20.1 Å². The van der Waals surface area contributed by atoms with E-state index in [1.807, 2.05) is 4.90 Å². The zero-order valence-electron chi connectivity index (χ0n) is 17.4. The summed E-state index contributed by atoms with van der Waals surface area (Å²) in [6.07, 6.45) is -0.348. The molecule has 2 saturated heterocycles. The monoisotopic (exact) mass is 537 g/mol. The van der Waals surface area contributed by atoms with Crippen LogP contribution in [0.2, 0.25) is 0 Å². The minimum Gasteiger partial charge on any atom is -0.368 e. The van der Waals surface area contributed by atoms with Gasteiger partial charge in [0.2, 0.25) is 0 Å². The van der Waals surface area contributed by atoms with E-state index in [0.717, 1.165) is 37.7 Å². The lowest BCUT2D eigenvalue weighted by Gasteiger charge is -2.38. The van der Waals surface area contributed by atoms with E-state index in [9.17, 15) is 13.2 Å². The molecule has 1 N–H and O–H groups in total. The smallest absolute Gasteiger partial charge is 0.368 e. The van der Waals surface area contributed by atoms with Crippen LogP contribution in [0.3, 0.4) is 0 Å². The van der Waals surface area contributed by atoms with E-state index >= 15 is 0 Å². The number of hydrogen-bond donors (Lipinski definition) is 1. The van der Waals surface area contributed by atoms with Crippen LogP contribution in [0.4, 0.5) is 18.9 Å². The average molecular weight is 537 g/mol. The van der Waals surface area contributed by atoms with Crippen LogP contribution < -0.4 is 10.2 Å². The lowest BCUT2D eigenvalue weighted by Crippen LogP contribution is -2.53. The molecule has 0 bridgehead atoms. The second-order valence-electron chi connectivity index (χ2n) is 8.33. The number of benzene rings is 1. The number of hydrogen-bond acceptors (Lipinski definition) is 3. The summed E-state index contributed by atoms with van der Waals surface area (Å²) in [5.74, 6) is 1.57. The summed E-state index contributed by atoms with van der Waals surface area (Å²) in [7, 11) is 1.80. The van der Waals surface area contributed by atoms with Crippen LogP contribution in [0.5, 0.6) is 0 Å². The van der Waals surface area contributed by atoms with E-state index in [-0.39, 0.29) is 24.0 Å².